The minimum Gasteiger partial charge on any atom is -0.487 e. The van der Waals surface area contributed by atoms with Crippen LogP contribution in [0.2, 0.25) is 0 Å². The van der Waals surface area contributed by atoms with Crippen LogP contribution in [0.4, 0.5) is 25.1 Å². The Morgan fingerprint density at radius 3 is 2.47 bits per heavy atom. The molecule has 1 N–H and O–H groups in total. The molecule has 0 bridgehead atoms. The largest absolute Gasteiger partial charge is 0.487 e. The normalized spacial score (nSPS) is 27.3. The summed E-state index contributed by atoms with van der Waals surface area (Å²) >= 11 is 5.91. The Morgan fingerprint density at radius 2 is 1.82 bits per heavy atom. The number of piperidine rings is 1. The average molecular weight is 554 g/mol. The molecular formula is C25H31ClF3N7O2. The molecule has 206 valence electrons. The second-order valence-corrected chi connectivity index (χ2v) is 10.2. The lowest BCUT2D eigenvalue weighted by molar-refractivity contribution is 0.131. The van der Waals surface area contributed by atoms with Crippen LogP contribution in [0.1, 0.15) is 32.6 Å². The van der Waals surface area contributed by atoms with Gasteiger partial charge in [-0.25, -0.2) is 28.0 Å². The van der Waals surface area contributed by atoms with Crippen molar-refractivity contribution in [1.29, 1.82) is 0 Å². The SMILES string of the molecule is CCc1nc(N2CCC([C@H](C)Oc3cnc(N4C[C@H](NCl)[C@@H](C5=CC(F)C(F)C=C5F)C4)nc3)CC2)no1. The number of alkyl halides is 2. The summed E-state index contributed by atoms with van der Waals surface area (Å²) in [4.78, 5) is 19.9. The number of hydrogen-bond acceptors (Lipinski definition) is 9. The van der Waals surface area contributed by atoms with Gasteiger partial charge in [0.15, 0.2) is 18.1 Å². The molecule has 0 radical (unpaired) electrons. The number of nitrogens with zero attached hydrogens (tertiary/aromatic N) is 6. The summed E-state index contributed by atoms with van der Waals surface area (Å²) in [6, 6.07) is -0.392. The van der Waals surface area contributed by atoms with Gasteiger partial charge >= 0.3 is 0 Å². The summed E-state index contributed by atoms with van der Waals surface area (Å²) < 4.78 is 53.3. The number of nitrogens with one attached hydrogen (secondary N) is 1. The smallest absolute Gasteiger partial charge is 0.266 e. The number of ether oxygens (including phenoxy) is 1. The molecule has 9 nitrogen and oxygen atoms in total. The van der Waals surface area contributed by atoms with Gasteiger partial charge in [0.1, 0.15) is 5.83 Å². The Kier molecular flexibility index (Phi) is 8.08. The molecule has 3 aliphatic rings. The van der Waals surface area contributed by atoms with Crippen molar-refractivity contribution >= 4 is 23.7 Å². The number of hydrogen-bond donors (Lipinski definition) is 1. The van der Waals surface area contributed by atoms with Gasteiger partial charge in [-0.3, -0.25) is 0 Å². The van der Waals surface area contributed by atoms with Crippen molar-refractivity contribution in [2.75, 3.05) is 36.0 Å². The van der Waals surface area contributed by atoms with Crippen molar-refractivity contribution in [3.63, 3.8) is 0 Å². The van der Waals surface area contributed by atoms with Gasteiger partial charge in [0.25, 0.3) is 5.95 Å². The van der Waals surface area contributed by atoms with Gasteiger partial charge in [0.2, 0.25) is 11.8 Å². The second-order valence-electron chi connectivity index (χ2n) is 9.96. The third-order valence-corrected chi connectivity index (χ3v) is 7.83. The number of halogens is 4. The van der Waals surface area contributed by atoms with Gasteiger partial charge < -0.3 is 19.1 Å². The second kappa shape index (κ2) is 11.5. The van der Waals surface area contributed by atoms with E-state index in [4.69, 9.17) is 21.0 Å². The monoisotopic (exact) mass is 553 g/mol. The van der Waals surface area contributed by atoms with E-state index in [1.54, 1.807) is 12.4 Å². The lowest BCUT2D eigenvalue weighted by Gasteiger charge is -2.34. The first-order chi connectivity index (χ1) is 18.4. The molecule has 2 unspecified atom stereocenters. The van der Waals surface area contributed by atoms with Crippen LogP contribution in [-0.2, 0) is 6.42 Å². The first kappa shape index (κ1) is 26.7. The highest BCUT2D eigenvalue weighted by atomic mass is 35.5. The highest BCUT2D eigenvalue weighted by molar-refractivity contribution is 6.13. The summed E-state index contributed by atoms with van der Waals surface area (Å²) in [7, 11) is 0. The van der Waals surface area contributed by atoms with Crippen molar-refractivity contribution in [2.24, 2.45) is 11.8 Å². The molecule has 2 aromatic rings. The lowest BCUT2D eigenvalue weighted by atomic mass is 9.89. The van der Waals surface area contributed by atoms with Crippen molar-refractivity contribution in [3.05, 3.63) is 41.8 Å². The molecule has 0 saturated carbocycles. The minimum atomic E-state index is -1.98. The van der Waals surface area contributed by atoms with Gasteiger partial charge in [-0.15, -0.1) is 0 Å². The third kappa shape index (κ3) is 5.61. The molecule has 2 aromatic heterocycles. The first-order valence-electron chi connectivity index (χ1n) is 12.9. The molecule has 4 heterocycles. The Labute approximate surface area is 224 Å². The van der Waals surface area contributed by atoms with Gasteiger partial charge in [0, 0.05) is 44.6 Å². The van der Waals surface area contributed by atoms with Crippen molar-refractivity contribution in [3.8, 4) is 5.75 Å². The topological polar surface area (TPSA) is 92.4 Å². The number of allylic oxidation sites excluding steroid dienone is 3. The zero-order valence-corrected chi connectivity index (χ0v) is 22.0. The summed E-state index contributed by atoms with van der Waals surface area (Å²) in [5.74, 6) is 1.36. The predicted molar refractivity (Wildman–Crippen MR) is 136 cm³/mol. The molecule has 13 heteroatoms. The van der Waals surface area contributed by atoms with Crippen LogP contribution < -0.4 is 19.4 Å². The van der Waals surface area contributed by atoms with Crippen LogP contribution in [0.25, 0.3) is 0 Å². The Hall–Kier alpha value is -2.86. The fourth-order valence-corrected chi connectivity index (χ4v) is 5.52. The predicted octanol–water partition coefficient (Wildman–Crippen LogP) is 4.12. The molecule has 0 amide bonds. The molecule has 0 aromatic carbocycles. The Balaban J connectivity index is 1.16. The standard InChI is InChI=1S/C25H31ClF3N7O2/c1-3-23-32-25(34-38-23)35-6-4-15(5-7-35)14(2)37-16-10-30-24(31-11-16)36-12-18(22(13-36)33-26)17-8-20(28)21(29)9-19(17)27/h8-11,14-15,18,20-22,33H,3-7,12-13H2,1-2H3/t14-,18+,20?,21?,22-/m0/s1. The molecular weight excluding hydrogens is 523 g/mol. The zero-order chi connectivity index (χ0) is 26.8. The molecule has 2 aliphatic heterocycles. The van der Waals surface area contributed by atoms with Gasteiger partial charge in [-0.2, -0.15) is 4.98 Å². The molecule has 1 aliphatic carbocycles. The molecule has 2 fully saturated rings. The van der Waals surface area contributed by atoms with E-state index in [1.807, 2.05) is 18.7 Å². The van der Waals surface area contributed by atoms with Crippen LogP contribution in [0.15, 0.2) is 40.5 Å². The van der Waals surface area contributed by atoms with E-state index in [-0.39, 0.29) is 11.7 Å². The van der Waals surface area contributed by atoms with Crippen molar-refractivity contribution in [2.45, 2.75) is 57.6 Å². The fraction of sp³-hybridized carbons (Fsp3) is 0.600. The molecule has 5 rings (SSSR count). The summed E-state index contributed by atoms with van der Waals surface area (Å²) in [5, 5.41) is 4.06. The zero-order valence-electron chi connectivity index (χ0n) is 21.2. The number of rotatable bonds is 8. The van der Waals surface area contributed by atoms with Crippen LogP contribution in [0, 0.1) is 11.8 Å². The average Bonchev–Trinajstić information content (AvgIpc) is 3.59. The van der Waals surface area contributed by atoms with Gasteiger partial charge in [0.05, 0.1) is 18.5 Å². The van der Waals surface area contributed by atoms with Crippen molar-refractivity contribution < 1.29 is 22.4 Å². The van der Waals surface area contributed by atoms with E-state index < -0.39 is 30.1 Å². The summed E-state index contributed by atoms with van der Waals surface area (Å²) in [5.41, 5.74) is 0.108. The fourth-order valence-electron chi connectivity index (χ4n) is 5.30. The summed E-state index contributed by atoms with van der Waals surface area (Å²) in [6.07, 6.45) is 3.58. The maximum atomic E-state index is 14.5. The first-order valence-corrected chi connectivity index (χ1v) is 13.3. The number of aromatic nitrogens is 4. The molecule has 38 heavy (non-hydrogen) atoms. The van der Waals surface area contributed by atoms with Crippen LogP contribution in [0.5, 0.6) is 5.75 Å². The quantitative estimate of drug-likeness (QED) is 0.484. The Bertz CT molecular complexity index is 1160. The van der Waals surface area contributed by atoms with E-state index in [0.717, 1.165) is 32.0 Å². The maximum absolute atomic E-state index is 14.5. The van der Waals surface area contributed by atoms with E-state index in [1.165, 1.54) is 0 Å². The highest BCUT2D eigenvalue weighted by Crippen LogP contribution is 2.36. The summed E-state index contributed by atoms with van der Waals surface area (Å²) in [6.45, 7) is 6.35. The van der Waals surface area contributed by atoms with Crippen LogP contribution in [0.3, 0.4) is 0 Å². The minimum absolute atomic E-state index is 0.0370. The maximum Gasteiger partial charge on any atom is 0.266 e. The highest BCUT2D eigenvalue weighted by Gasteiger charge is 2.40. The molecule has 2 saturated heterocycles. The Morgan fingerprint density at radius 1 is 1.11 bits per heavy atom. The third-order valence-electron chi connectivity index (χ3n) is 7.55. The number of anilines is 2. The van der Waals surface area contributed by atoms with Gasteiger partial charge in [-0.05, 0) is 60.3 Å². The van der Waals surface area contributed by atoms with Crippen molar-refractivity contribution in [1.82, 2.24) is 24.9 Å². The van der Waals surface area contributed by atoms with E-state index in [9.17, 15) is 13.2 Å². The van der Waals surface area contributed by atoms with E-state index in [2.05, 4.69) is 29.8 Å². The van der Waals surface area contributed by atoms with Crippen LogP contribution in [-0.4, -0.2) is 70.8 Å². The molecule has 0 spiro atoms. The van der Waals surface area contributed by atoms with E-state index >= 15 is 0 Å². The van der Waals surface area contributed by atoms with Crippen LogP contribution >= 0.6 is 11.8 Å². The van der Waals surface area contributed by atoms with E-state index in [0.29, 0.717) is 55.0 Å². The lowest BCUT2D eigenvalue weighted by Crippen LogP contribution is -2.39. The number of aryl methyl sites for hydroxylation is 1. The van der Waals surface area contributed by atoms with Gasteiger partial charge in [-0.1, -0.05) is 6.92 Å². The molecule has 5 atom stereocenters.